The monoisotopic (exact) mass is 492 g/mol. The van der Waals surface area contributed by atoms with Gasteiger partial charge in [-0.25, -0.2) is 9.98 Å². The van der Waals surface area contributed by atoms with Crippen LogP contribution in [0.4, 0.5) is 5.69 Å². The predicted molar refractivity (Wildman–Crippen MR) is 148 cm³/mol. The zero-order chi connectivity index (χ0) is 25.4. The minimum Gasteiger partial charge on any atom is -0.322 e. The smallest absolute Gasteiger partial charge is 0.255 e. The number of carbonyl (C=O) groups is 1. The van der Waals surface area contributed by atoms with Gasteiger partial charge in [0, 0.05) is 61.4 Å². The number of carbonyl (C=O) groups excluding carboxylic acids is 1. The summed E-state index contributed by atoms with van der Waals surface area (Å²) < 4.78 is 0. The van der Waals surface area contributed by atoms with E-state index < -0.39 is 0 Å². The van der Waals surface area contributed by atoms with Gasteiger partial charge in [0.2, 0.25) is 5.96 Å². The number of nitrogens with zero attached hydrogens (tertiary/aromatic N) is 5. The number of allylic oxidation sites excluding steroid dienone is 1. The highest BCUT2D eigenvalue weighted by molar-refractivity contribution is 6.04. The van der Waals surface area contributed by atoms with E-state index in [1.807, 2.05) is 48.4 Å². The molecule has 188 valence electrons. The summed E-state index contributed by atoms with van der Waals surface area (Å²) in [5, 5.41) is 3.11. The van der Waals surface area contributed by atoms with Gasteiger partial charge in [0.05, 0.1) is 6.54 Å². The Morgan fingerprint density at radius 3 is 2.84 bits per heavy atom. The molecule has 1 amide bonds. The number of nitrogens with one attached hydrogen (secondary N) is 1. The van der Waals surface area contributed by atoms with E-state index in [1.54, 1.807) is 6.21 Å². The number of hydrogen-bond acceptors (Lipinski definition) is 6. The van der Waals surface area contributed by atoms with Crippen molar-refractivity contribution in [1.29, 1.82) is 0 Å². The van der Waals surface area contributed by atoms with Crippen LogP contribution >= 0.6 is 0 Å². The molecule has 2 aromatic rings. The number of anilines is 1. The maximum Gasteiger partial charge on any atom is 0.255 e. The Morgan fingerprint density at radius 2 is 1.97 bits per heavy atom. The number of guanidine groups is 1. The highest BCUT2D eigenvalue weighted by Crippen LogP contribution is 2.37. The van der Waals surface area contributed by atoms with E-state index in [-0.39, 0.29) is 11.9 Å². The SMILES string of the molecule is Cc1ccc(C(=O)Nc2ccc3c(c2)CCC3N2CCN(C)CC2)cc1C#CC1CN=C2N=CC=CN21. The van der Waals surface area contributed by atoms with Gasteiger partial charge >= 0.3 is 0 Å². The third kappa shape index (κ3) is 4.83. The summed E-state index contributed by atoms with van der Waals surface area (Å²) in [6, 6.07) is 12.6. The van der Waals surface area contributed by atoms with E-state index in [4.69, 9.17) is 0 Å². The first-order chi connectivity index (χ1) is 18.0. The fourth-order valence-corrected chi connectivity index (χ4v) is 5.56. The van der Waals surface area contributed by atoms with E-state index >= 15 is 0 Å². The molecule has 1 N–H and O–H groups in total. The molecule has 7 heteroatoms. The zero-order valence-corrected chi connectivity index (χ0v) is 21.4. The van der Waals surface area contributed by atoms with Gasteiger partial charge < -0.3 is 15.1 Å². The van der Waals surface area contributed by atoms with E-state index in [2.05, 4.69) is 56.1 Å². The molecule has 2 unspecified atom stereocenters. The molecule has 7 nitrogen and oxygen atoms in total. The van der Waals surface area contributed by atoms with Crippen LogP contribution in [0, 0.1) is 18.8 Å². The molecule has 2 aromatic carbocycles. The highest BCUT2D eigenvalue weighted by Gasteiger charge is 2.30. The quantitative estimate of drug-likeness (QED) is 0.667. The number of aliphatic imine (C=N–C) groups is 2. The molecule has 0 aromatic heterocycles. The standard InChI is InChI=1S/C30H32N6O/c1-21-4-5-24(18-22(21)6-9-26-20-32-30-31-12-3-13-36(26)30)29(37)33-25-8-10-27-23(19-25)7-11-28(27)35-16-14-34(2)15-17-35/h3-5,8,10,12-13,18-19,26,28H,7,11,14-17,20H2,1-2H3,(H,33,37). The van der Waals surface area contributed by atoms with Crippen LogP contribution in [-0.2, 0) is 6.42 Å². The third-order valence-electron chi connectivity index (χ3n) is 7.79. The van der Waals surface area contributed by atoms with Crippen molar-refractivity contribution >= 4 is 23.8 Å². The minimum atomic E-state index is -0.114. The van der Waals surface area contributed by atoms with Crippen molar-refractivity contribution in [1.82, 2.24) is 14.7 Å². The molecule has 0 radical (unpaired) electrons. The summed E-state index contributed by atoms with van der Waals surface area (Å²) in [5.74, 6) is 7.18. The van der Waals surface area contributed by atoms with E-state index in [0.29, 0.717) is 24.1 Å². The molecule has 1 saturated heterocycles. The normalized spacial score (nSPS) is 22.8. The lowest BCUT2D eigenvalue weighted by molar-refractivity contribution is 0.102. The molecule has 1 aliphatic carbocycles. The first-order valence-electron chi connectivity index (χ1n) is 13.1. The number of hydrogen-bond donors (Lipinski definition) is 1. The largest absolute Gasteiger partial charge is 0.322 e. The average molecular weight is 493 g/mol. The van der Waals surface area contributed by atoms with Crippen LogP contribution in [0.2, 0.25) is 0 Å². The maximum atomic E-state index is 13.1. The average Bonchev–Trinajstić information content (AvgIpc) is 3.52. The van der Waals surface area contributed by atoms with Crippen molar-refractivity contribution in [2.75, 3.05) is 45.1 Å². The van der Waals surface area contributed by atoms with E-state index in [1.165, 1.54) is 11.1 Å². The van der Waals surface area contributed by atoms with Gasteiger partial charge in [-0.3, -0.25) is 9.69 Å². The van der Waals surface area contributed by atoms with Gasteiger partial charge in [0.15, 0.2) is 0 Å². The zero-order valence-electron chi connectivity index (χ0n) is 21.4. The molecule has 3 aliphatic heterocycles. The Hall–Kier alpha value is -3.73. The summed E-state index contributed by atoms with van der Waals surface area (Å²) in [6.45, 7) is 7.11. The van der Waals surface area contributed by atoms with Crippen molar-refractivity contribution in [3.63, 3.8) is 0 Å². The Bertz CT molecular complexity index is 1370. The van der Waals surface area contributed by atoms with Crippen LogP contribution in [0.5, 0.6) is 0 Å². The lowest BCUT2D eigenvalue weighted by Crippen LogP contribution is -2.45. The Labute approximate surface area is 218 Å². The number of fused-ring (bicyclic) bond motifs is 2. The fraction of sp³-hybridized carbons (Fsp3) is 0.367. The number of amides is 1. The molecule has 37 heavy (non-hydrogen) atoms. The number of piperazine rings is 1. The lowest BCUT2D eigenvalue weighted by Gasteiger charge is -2.36. The second kappa shape index (κ2) is 9.97. The first kappa shape index (κ1) is 23.7. The fourth-order valence-electron chi connectivity index (χ4n) is 5.56. The summed E-state index contributed by atoms with van der Waals surface area (Å²) in [4.78, 5) is 28.9. The molecule has 4 aliphatic rings. The minimum absolute atomic E-state index is 0.0401. The van der Waals surface area contributed by atoms with Gasteiger partial charge in [-0.2, -0.15) is 0 Å². The molecule has 2 atom stereocenters. The molecular weight excluding hydrogens is 460 g/mol. The molecule has 0 spiro atoms. The number of rotatable bonds is 3. The van der Waals surface area contributed by atoms with Crippen molar-refractivity contribution in [2.24, 2.45) is 9.98 Å². The number of likely N-dealkylation sites (N-methyl/N-ethyl adjacent to an activating group) is 1. The van der Waals surface area contributed by atoms with Crippen LogP contribution in [0.15, 0.2) is 58.7 Å². The molecule has 6 rings (SSSR count). The van der Waals surface area contributed by atoms with Crippen LogP contribution in [0.25, 0.3) is 0 Å². The molecular formula is C30H32N6O. The topological polar surface area (TPSA) is 63.5 Å². The van der Waals surface area contributed by atoms with Crippen molar-refractivity contribution in [3.05, 3.63) is 76.5 Å². The summed E-state index contributed by atoms with van der Waals surface area (Å²) in [7, 11) is 2.19. The van der Waals surface area contributed by atoms with Crippen LogP contribution in [0.1, 0.15) is 45.1 Å². The van der Waals surface area contributed by atoms with Gasteiger partial charge in [0.1, 0.15) is 6.04 Å². The molecule has 3 heterocycles. The molecule has 1 fully saturated rings. The van der Waals surface area contributed by atoms with Gasteiger partial charge in [-0.05, 0) is 73.8 Å². The second-order valence-electron chi connectivity index (χ2n) is 10.2. The van der Waals surface area contributed by atoms with Crippen molar-refractivity contribution < 1.29 is 4.79 Å². The summed E-state index contributed by atoms with van der Waals surface area (Å²) >= 11 is 0. The summed E-state index contributed by atoms with van der Waals surface area (Å²) in [5.41, 5.74) is 6.13. The highest BCUT2D eigenvalue weighted by atomic mass is 16.1. The van der Waals surface area contributed by atoms with Gasteiger partial charge in [0.25, 0.3) is 5.91 Å². The van der Waals surface area contributed by atoms with Gasteiger partial charge in [-0.15, -0.1) is 0 Å². The second-order valence-corrected chi connectivity index (χ2v) is 10.2. The van der Waals surface area contributed by atoms with Crippen LogP contribution < -0.4 is 5.32 Å². The Balaban J connectivity index is 1.14. The number of benzene rings is 2. The summed E-state index contributed by atoms with van der Waals surface area (Å²) in [6.07, 6.45) is 7.80. The van der Waals surface area contributed by atoms with Crippen LogP contribution in [0.3, 0.4) is 0 Å². The third-order valence-corrected chi connectivity index (χ3v) is 7.79. The Morgan fingerprint density at radius 1 is 1.11 bits per heavy atom. The van der Waals surface area contributed by atoms with E-state index in [9.17, 15) is 4.79 Å². The van der Waals surface area contributed by atoms with Crippen molar-refractivity contribution in [3.8, 4) is 11.8 Å². The lowest BCUT2D eigenvalue weighted by atomic mass is 10.0. The predicted octanol–water partition coefficient (Wildman–Crippen LogP) is 3.47. The van der Waals surface area contributed by atoms with E-state index in [0.717, 1.165) is 55.8 Å². The molecule has 0 saturated carbocycles. The van der Waals surface area contributed by atoms with Gasteiger partial charge in [-0.1, -0.05) is 24.0 Å². The maximum absolute atomic E-state index is 13.1. The molecule has 0 bridgehead atoms. The Kier molecular flexibility index (Phi) is 6.37. The van der Waals surface area contributed by atoms with Crippen molar-refractivity contribution in [2.45, 2.75) is 31.8 Å². The first-order valence-corrected chi connectivity index (χ1v) is 13.1. The van der Waals surface area contributed by atoms with Crippen LogP contribution in [-0.4, -0.2) is 78.6 Å². The number of aryl methyl sites for hydroxylation is 2.